The average molecular weight is 668 g/mol. The van der Waals surface area contributed by atoms with Crippen LogP contribution in [0.3, 0.4) is 0 Å². The molecule has 1 unspecified atom stereocenters. The Kier molecular flexibility index (Phi) is 6.29. The highest BCUT2D eigenvalue weighted by Crippen LogP contribution is 2.39. The summed E-state index contributed by atoms with van der Waals surface area (Å²) in [5, 5.41) is 7.02. The van der Waals surface area contributed by atoms with Crippen molar-refractivity contribution in [1.29, 1.82) is 0 Å². The number of benzene rings is 7. The number of rotatable bonds is 4. The first kappa shape index (κ1) is 29.2. The Morgan fingerprint density at radius 3 is 1.83 bits per heavy atom. The molecule has 3 heteroatoms. The smallest absolute Gasteiger partial charge is 0.135 e. The molecule has 1 atom stereocenters. The van der Waals surface area contributed by atoms with Crippen LogP contribution >= 0.6 is 0 Å². The lowest BCUT2D eigenvalue weighted by molar-refractivity contribution is 0.668. The Morgan fingerprint density at radius 1 is 0.462 bits per heavy atom. The Hall–Kier alpha value is -6.58. The molecule has 1 aliphatic rings. The third-order valence-corrected chi connectivity index (χ3v) is 10.9. The van der Waals surface area contributed by atoms with Crippen LogP contribution in [0.25, 0.3) is 99.2 Å². The number of nitrogens with zero attached hydrogens (tertiary/aromatic N) is 1. The zero-order valence-corrected chi connectivity index (χ0v) is 28.6. The molecule has 0 spiro atoms. The van der Waals surface area contributed by atoms with Crippen LogP contribution in [0.1, 0.15) is 18.9 Å². The van der Waals surface area contributed by atoms with Gasteiger partial charge in [-0.15, -0.1) is 0 Å². The van der Waals surface area contributed by atoms with Crippen molar-refractivity contribution in [2.24, 2.45) is 5.92 Å². The van der Waals surface area contributed by atoms with Gasteiger partial charge in [-0.3, -0.25) is 0 Å². The van der Waals surface area contributed by atoms with Crippen LogP contribution in [0.5, 0.6) is 0 Å². The minimum atomic E-state index is 0.585. The highest BCUT2D eigenvalue weighted by Gasteiger charge is 2.17. The summed E-state index contributed by atoms with van der Waals surface area (Å²) in [6, 6.07) is 52.4. The second kappa shape index (κ2) is 11.2. The van der Waals surface area contributed by atoms with Crippen molar-refractivity contribution in [3.63, 3.8) is 0 Å². The van der Waals surface area contributed by atoms with Crippen molar-refractivity contribution in [3.05, 3.63) is 169 Å². The van der Waals surface area contributed by atoms with Gasteiger partial charge in [-0.2, -0.15) is 0 Å². The van der Waals surface area contributed by atoms with Gasteiger partial charge in [-0.25, -0.2) is 0 Å². The second-order valence-electron chi connectivity index (χ2n) is 14.2. The van der Waals surface area contributed by atoms with Crippen LogP contribution in [0, 0.1) is 5.92 Å². The maximum absolute atomic E-state index is 6.35. The lowest BCUT2D eigenvalue weighted by Crippen LogP contribution is -1.94. The fourth-order valence-electron chi connectivity index (χ4n) is 8.24. The van der Waals surface area contributed by atoms with Crippen LogP contribution in [-0.4, -0.2) is 4.57 Å². The summed E-state index contributed by atoms with van der Waals surface area (Å²) in [7, 11) is 0. The van der Waals surface area contributed by atoms with Gasteiger partial charge in [0.25, 0.3) is 0 Å². The average Bonchev–Trinajstić information content (AvgIpc) is 3.86. The summed E-state index contributed by atoms with van der Waals surface area (Å²) in [5.74, 6) is 0.585. The maximum Gasteiger partial charge on any atom is 0.135 e. The van der Waals surface area contributed by atoms with Crippen LogP contribution in [0.4, 0.5) is 0 Å². The number of aromatic nitrogens is 1. The highest BCUT2D eigenvalue weighted by atomic mass is 16.3. The van der Waals surface area contributed by atoms with Gasteiger partial charge in [0.1, 0.15) is 22.3 Å². The zero-order chi connectivity index (χ0) is 34.3. The van der Waals surface area contributed by atoms with E-state index in [0.717, 1.165) is 56.0 Å². The number of hydrogen-bond donors (Lipinski definition) is 0. The molecule has 3 aromatic heterocycles. The van der Waals surface area contributed by atoms with E-state index in [1.54, 1.807) is 0 Å². The van der Waals surface area contributed by atoms with E-state index in [-0.39, 0.29) is 0 Å². The predicted molar refractivity (Wildman–Crippen MR) is 217 cm³/mol. The van der Waals surface area contributed by atoms with Crippen molar-refractivity contribution >= 4 is 71.3 Å². The van der Waals surface area contributed by atoms with Gasteiger partial charge in [-0.1, -0.05) is 97.9 Å². The van der Waals surface area contributed by atoms with E-state index >= 15 is 0 Å². The Balaban J connectivity index is 1.02. The van der Waals surface area contributed by atoms with Crippen LogP contribution in [-0.2, 0) is 0 Å². The number of fused-ring (bicyclic) bond motifs is 9. The van der Waals surface area contributed by atoms with Gasteiger partial charge in [0.05, 0.1) is 11.0 Å². The van der Waals surface area contributed by atoms with Crippen molar-refractivity contribution in [2.75, 3.05) is 0 Å². The van der Waals surface area contributed by atoms with Crippen LogP contribution in [0.15, 0.2) is 173 Å². The van der Waals surface area contributed by atoms with Crippen molar-refractivity contribution in [3.8, 4) is 27.9 Å². The first-order valence-corrected chi connectivity index (χ1v) is 18.1. The molecule has 3 nitrogen and oxygen atoms in total. The number of furan rings is 2. The maximum atomic E-state index is 6.35. The predicted octanol–water partition coefficient (Wildman–Crippen LogP) is 13.9. The number of allylic oxidation sites excluding steroid dienone is 4. The lowest BCUT2D eigenvalue weighted by atomic mass is 9.93. The molecular formula is C49H33NO2. The molecule has 10 aromatic rings. The molecule has 0 bridgehead atoms. The molecule has 7 aromatic carbocycles. The minimum absolute atomic E-state index is 0.585. The Morgan fingerprint density at radius 2 is 1.04 bits per heavy atom. The van der Waals surface area contributed by atoms with E-state index in [9.17, 15) is 0 Å². The van der Waals surface area contributed by atoms with Crippen molar-refractivity contribution in [2.45, 2.75) is 13.3 Å². The summed E-state index contributed by atoms with van der Waals surface area (Å²) in [6.45, 7) is 2.26. The summed E-state index contributed by atoms with van der Waals surface area (Å²) in [4.78, 5) is 0. The van der Waals surface area contributed by atoms with E-state index in [0.29, 0.717) is 5.92 Å². The zero-order valence-electron chi connectivity index (χ0n) is 28.6. The Bertz CT molecular complexity index is 3130. The van der Waals surface area contributed by atoms with E-state index in [1.165, 1.54) is 55.2 Å². The SMILES string of the molecule is CC1C=CC(c2ccc3oc4ccc(-n5c6ccccc6c6cc(-c7cccc(-c8ccc9oc%10ccccc%10c9c8)c7)ccc65)cc4c3c2)=CC1. The molecule has 0 saturated heterocycles. The van der Waals surface area contributed by atoms with Gasteiger partial charge >= 0.3 is 0 Å². The van der Waals surface area contributed by atoms with Gasteiger partial charge in [0.2, 0.25) is 0 Å². The molecule has 1 aliphatic carbocycles. The quantitative estimate of drug-likeness (QED) is 0.187. The molecule has 246 valence electrons. The molecule has 0 amide bonds. The van der Waals surface area contributed by atoms with Crippen molar-refractivity contribution in [1.82, 2.24) is 4.57 Å². The van der Waals surface area contributed by atoms with E-state index < -0.39 is 0 Å². The molecule has 0 aliphatic heterocycles. The fourth-order valence-corrected chi connectivity index (χ4v) is 8.24. The van der Waals surface area contributed by atoms with Crippen molar-refractivity contribution < 1.29 is 8.83 Å². The molecule has 0 saturated carbocycles. The van der Waals surface area contributed by atoms with Gasteiger partial charge in [-0.05, 0) is 119 Å². The van der Waals surface area contributed by atoms with E-state index in [1.807, 2.05) is 12.1 Å². The molecule has 0 N–H and O–H groups in total. The second-order valence-corrected chi connectivity index (χ2v) is 14.2. The van der Waals surface area contributed by atoms with Crippen LogP contribution in [0.2, 0.25) is 0 Å². The molecule has 0 radical (unpaired) electrons. The molecule has 11 rings (SSSR count). The summed E-state index contributed by atoms with van der Waals surface area (Å²) in [6.07, 6.45) is 7.98. The lowest BCUT2D eigenvalue weighted by Gasteiger charge is -2.12. The van der Waals surface area contributed by atoms with Gasteiger partial charge in [0, 0.05) is 38.0 Å². The highest BCUT2D eigenvalue weighted by molar-refractivity contribution is 6.12. The molecular weight excluding hydrogens is 635 g/mol. The topological polar surface area (TPSA) is 31.2 Å². The normalized spacial score (nSPS) is 14.8. The third-order valence-electron chi connectivity index (χ3n) is 10.9. The largest absolute Gasteiger partial charge is 0.456 e. The van der Waals surface area contributed by atoms with Gasteiger partial charge < -0.3 is 13.4 Å². The standard InChI is InChI=1S/C49H33NO2/c1-30-13-15-31(16-14-30)34-18-22-48-42(27-34)43-29-37(20-24-49(43)52-48)50-44-11-4-2-9-38(44)40-26-35(17-21-45(40)50)32-7-6-8-33(25-32)36-19-23-47-41(28-36)39-10-3-5-12-46(39)51-47/h2-13,15-30H,14H2,1H3. The third kappa shape index (κ3) is 4.52. The number of para-hydroxylation sites is 2. The van der Waals surface area contributed by atoms with Gasteiger partial charge in [0.15, 0.2) is 0 Å². The fraction of sp³-hybridized carbons (Fsp3) is 0.0612. The first-order chi connectivity index (χ1) is 25.6. The summed E-state index contributed by atoms with van der Waals surface area (Å²) >= 11 is 0. The number of hydrogen-bond acceptors (Lipinski definition) is 2. The Labute approximate surface area is 300 Å². The first-order valence-electron chi connectivity index (χ1n) is 18.1. The van der Waals surface area contributed by atoms with E-state index in [2.05, 4.69) is 163 Å². The molecule has 0 fully saturated rings. The monoisotopic (exact) mass is 667 g/mol. The minimum Gasteiger partial charge on any atom is -0.456 e. The summed E-state index contributed by atoms with van der Waals surface area (Å²) < 4.78 is 14.8. The molecule has 52 heavy (non-hydrogen) atoms. The van der Waals surface area contributed by atoms with E-state index in [4.69, 9.17) is 8.83 Å². The summed E-state index contributed by atoms with van der Waals surface area (Å²) in [5.41, 5.74) is 14.4. The molecule has 3 heterocycles. The van der Waals surface area contributed by atoms with Crippen LogP contribution < -0.4 is 0 Å².